The molecule has 2 aliphatic heterocycles. The fourth-order valence-corrected chi connectivity index (χ4v) is 1.01. The van der Waals surface area contributed by atoms with Gasteiger partial charge in [-0.3, -0.25) is 0 Å². The molecule has 4 heteroatoms. The number of hydrogen-bond acceptors (Lipinski definition) is 4. The van der Waals surface area contributed by atoms with E-state index in [-0.39, 0.29) is 6.10 Å². The molecule has 2 aliphatic rings. The number of hydrogen-bond donors (Lipinski definition) is 0. The van der Waals surface area contributed by atoms with Gasteiger partial charge in [0.2, 0.25) is 0 Å². The highest BCUT2D eigenvalue weighted by molar-refractivity contribution is 4.69. The van der Waals surface area contributed by atoms with Gasteiger partial charge in [0.25, 0.3) is 0 Å². The third-order valence-electron chi connectivity index (χ3n) is 2.03. The van der Waals surface area contributed by atoms with E-state index in [1.807, 2.05) is 6.92 Å². The summed E-state index contributed by atoms with van der Waals surface area (Å²) < 4.78 is 20.9. The fourth-order valence-electron chi connectivity index (χ4n) is 1.01. The molecule has 0 saturated carbocycles. The van der Waals surface area contributed by atoms with Gasteiger partial charge in [0.15, 0.2) is 0 Å². The zero-order chi connectivity index (χ0) is 9.10. The van der Waals surface area contributed by atoms with Crippen LogP contribution in [0.1, 0.15) is 6.92 Å². The van der Waals surface area contributed by atoms with Gasteiger partial charge >= 0.3 is 0 Å². The molecule has 0 aliphatic carbocycles. The van der Waals surface area contributed by atoms with Crippen LogP contribution in [0.3, 0.4) is 0 Å². The summed E-state index contributed by atoms with van der Waals surface area (Å²) in [7, 11) is 0. The molecule has 2 heterocycles. The Kier molecular flexibility index (Phi) is 3.16. The molecule has 2 fully saturated rings. The Morgan fingerprint density at radius 2 is 1.85 bits per heavy atom. The lowest BCUT2D eigenvalue weighted by molar-refractivity contribution is -0.0146. The quantitative estimate of drug-likeness (QED) is 0.535. The lowest BCUT2D eigenvalue weighted by atomic mass is 10.4. The van der Waals surface area contributed by atoms with Gasteiger partial charge in [-0.15, -0.1) is 0 Å². The molecule has 4 nitrogen and oxygen atoms in total. The Labute approximate surface area is 78.1 Å². The lowest BCUT2D eigenvalue weighted by Crippen LogP contribution is -2.19. The Morgan fingerprint density at radius 3 is 2.46 bits per heavy atom. The van der Waals surface area contributed by atoms with Crippen LogP contribution >= 0.6 is 0 Å². The van der Waals surface area contributed by atoms with Crippen LogP contribution < -0.4 is 0 Å². The molecule has 13 heavy (non-hydrogen) atoms. The number of ether oxygens (including phenoxy) is 4. The summed E-state index contributed by atoms with van der Waals surface area (Å²) in [6.07, 6.45) is 0.844. The molecular formula is C9H16O4. The predicted molar refractivity (Wildman–Crippen MR) is 45.7 cm³/mol. The molecule has 2 rings (SSSR count). The first kappa shape index (κ1) is 9.40. The van der Waals surface area contributed by atoms with Crippen LogP contribution in [0.25, 0.3) is 0 Å². The Bertz CT molecular complexity index is 154. The fraction of sp³-hybridized carbons (Fsp3) is 1.00. The van der Waals surface area contributed by atoms with Gasteiger partial charge in [-0.1, -0.05) is 0 Å². The van der Waals surface area contributed by atoms with E-state index >= 15 is 0 Å². The van der Waals surface area contributed by atoms with Crippen molar-refractivity contribution < 1.29 is 18.9 Å². The van der Waals surface area contributed by atoms with E-state index in [4.69, 9.17) is 18.9 Å². The minimum atomic E-state index is 0.156. The van der Waals surface area contributed by atoms with Gasteiger partial charge in [0.05, 0.1) is 39.1 Å². The molecular weight excluding hydrogens is 172 g/mol. The summed E-state index contributed by atoms with van der Waals surface area (Å²) in [5, 5.41) is 0. The molecule has 0 unspecified atom stereocenters. The van der Waals surface area contributed by atoms with Crippen LogP contribution in [-0.4, -0.2) is 51.3 Å². The molecule has 0 spiro atoms. The second kappa shape index (κ2) is 4.37. The number of rotatable bonds is 7. The average molecular weight is 188 g/mol. The number of epoxide rings is 2. The van der Waals surface area contributed by atoms with Crippen molar-refractivity contribution in [1.82, 2.24) is 0 Å². The first-order valence-electron chi connectivity index (χ1n) is 4.77. The minimum Gasteiger partial charge on any atom is -0.376 e. The molecule has 0 aromatic heterocycles. The van der Waals surface area contributed by atoms with Crippen molar-refractivity contribution in [3.8, 4) is 0 Å². The lowest BCUT2D eigenvalue weighted by Gasteiger charge is -2.11. The normalized spacial score (nSPS) is 33.0. The maximum Gasteiger partial charge on any atom is 0.104 e. The van der Waals surface area contributed by atoms with E-state index in [2.05, 4.69) is 0 Å². The SMILES string of the molecule is C[C@H](COC[C@H]1CO1)OC[C@H]1CO1. The summed E-state index contributed by atoms with van der Waals surface area (Å²) in [5.41, 5.74) is 0. The maximum absolute atomic E-state index is 5.48. The summed E-state index contributed by atoms with van der Waals surface area (Å²) in [6.45, 7) is 5.76. The van der Waals surface area contributed by atoms with Crippen molar-refractivity contribution in [2.24, 2.45) is 0 Å². The van der Waals surface area contributed by atoms with Crippen molar-refractivity contribution in [2.45, 2.75) is 25.2 Å². The smallest absolute Gasteiger partial charge is 0.104 e. The third kappa shape index (κ3) is 4.04. The van der Waals surface area contributed by atoms with E-state index in [0.717, 1.165) is 13.2 Å². The highest BCUT2D eigenvalue weighted by Crippen LogP contribution is 2.11. The highest BCUT2D eigenvalue weighted by atomic mass is 16.6. The van der Waals surface area contributed by atoms with Crippen LogP contribution in [0.4, 0.5) is 0 Å². The van der Waals surface area contributed by atoms with Crippen LogP contribution in [0.15, 0.2) is 0 Å². The van der Waals surface area contributed by atoms with E-state index < -0.39 is 0 Å². The third-order valence-corrected chi connectivity index (χ3v) is 2.03. The zero-order valence-corrected chi connectivity index (χ0v) is 7.90. The Morgan fingerprint density at radius 1 is 1.23 bits per heavy atom. The van der Waals surface area contributed by atoms with Gasteiger partial charge in [0.1, 0.15) is 12.2 Å². The van der Waals surface area contributed by atoms with Gasteiger partial charge in [0, 0.05) is 0 Å². The molecule has 0 N–H and O–H groups in total. The second-order valence-electron chi connectivity index (χ2n) is 3.59. The molecule has 0 bridgehead atoms. The molecule has 76 valence electrons. The van der Waals surface area contributed by atoms with Gasteiger partial charge in [-0.25, -0.2) is 0 Å². The highest BCUT2D eigenvalue weighted by Gasteiger charge is 2.24. The largest absolute Gasteiger partial charge is 0.376 e. The van der Waals surface area contributed by atoms with Crippen LogP contribution in [0.2, 0.25) is 0 Å². The van der Waals surface area contributed by atoms with E-state index in [9.17, 15) is 0 Å². The molecule has 0 aromatic rings. The van der Waals surface area contributed by atoms with Crippen molar-refractivity contribution in [3.05, 3.63) is 0 Å². The predicted octanol–water partition coefficient (Wildman–Crippen LogP) is 0.206. The van der Waals surface area contributed by atoms with E-state index in [1.165, 1.54) is 0 Å². The topological polar surface area (TPSA) is 43.5 Å². The van der Waals surface area contributed by atoms with Gasteiger partial charge < -0.3 is 18.9 Å². The van der Waals surface area contributed by atoms with Gasteiger partial charge in [-0.05, 0) is 6.92 Å². The molecule has 2 saturated heterocycles. The Balaban J connectivity index is 1.42. The minimum absolute atomic E-state index is 0.156. The van der Waals surface area contributed by atoms with Crippen molar-refractivity contribution >= 4 is 0 Å². The molecule has 0 aromatic carbocycles. The second-order valence-corrected chi connectivity index (χ2v) is 3.59. The first-order valence-corrected chi connectivity index (χ1v) is 4.77. The van der Waals surface area contributed by atoms with Crippen LogP contribution in [-0.2, 0) is 18.9 Å². The standard InChI is InChI=1S/C9H16O4/c1-7(11-4-9-6-13-9)2-10-3-8-5-12-8/h7-9H,2-6H2,1H3/t7-,8+,9+/m1/s1. The Hall–Kier alpha value is -0.160. The summed E-state index contributed by atoms with van der Waals surface area (Å²) in [6, 6.07) is 0. The van der Waals surface area contributed by atoms with E-state index in [1.54, 1.807) is 0 Å². The summed E-state index contributed by atoms with van der Waals surface area (Å²) in [4.78, 5) is 0. The maximum atomic E-state index is 5.48. The van der Waals surface area contributed by atoms with E-state index in [0.29, 0.717) is 32.0 Å². The van der Waals surface area contributed by atoms with Crippen molar-refractivity contribution in [3.63, 3.8) is 0 Å². The summed E-state index contributed by atoms with van der Waals surface area (Å²) >= 11 is 0. The summed E-state index contributed by atoms with van der Waals surface area (Å²) in [5.74, 6) is 0. The first-order chi connectivity index (χ1) is 6.34. The molecule has 3 atom stereocenters. The monoisotopic (exact) mass is 188 g/mol. The van der Waals surface area contributed by atoms with Crippen LogP contribution in [0.5, 0.6) is 0 Å². The molecule has 0 radical (unpaired) electrons. The molecule has 0 amide bonds. The average Bonchev–Trinajstić information content (AvgIpc) is 2.97. The van der Waals surface area contributed by atoms with Crippen LogP contribution in [0, 0.1) is 0 Å². The van der Waals surface area contributed by atoms with Crippen molar-refractivity contribution in [1.29, 1.82) is 0 Å². The van der Waals surface area contributed by atoms with Gasteiger partial charge in [-0.2, -0.15) is 0 Å². The van der Waals surface area contributed by atoms with Crippen molar-refractivity contribution in [2.75, 3.05) is 33.0 Å². The zero-order valence-electron chi connectivity index (χ0n) is 7.90.